The van der Waals surface area contributed by atoms with Gasteiger partial charge in [-0.1, -0.05) is 49.4 Å². The van der Waals surface area contributed by atoms with Gasteiger partial charge in [-0.25, -0.2) is 5.48 Å². The standard InChI is InChI=1S/C19H24N2O2/c1-3-13-21(4-2)17-12-8-11-16(14-17)18(19(22)20-23)15-9-6-5-7-10-15/h5-12,14,18,23H,3-4,13H2,1-2H3,(H,20,22). The van der Waals surface area contributed by atoms with E-state index in [0.29, 0.717) is 0 Å². The van der Waals surface area contributed by atoms with Crippen molar-refractivity contribution in [3.8, 4) is 0 Å². The maximum Gasteiger partial charge on any atom is 0.255 e. The molecule has 2 N–H and O–H groups in total. The quantitative estimate of drug-likeness (QED) is 0.607. The molecule has 4 heteroatoms. The fraction of sp³-hybridized carbons (Fsp3) is 0.316. The predicted octanol–water partition coefficient (Wildman–Crippen LogP) is 3.56. The molecule has 23 heavy (non-hydrogen) atoms. The molecule has 122 valence electrons. The summed E-state index contributed by atoms with van der Waals surface area (Å²) in [6.07, 6.45) is 1.07. The molecule has 2 rings (SSSR count). The van der Waals surface area contributed by atoms with E-state index in [2.05, 4.69) is 24.8 Å². The first-order valence-electron chi connectivity index (χ1n) is 8.05. The summed E-state index contributed by atoms with van der Waals surface area (Å²) in [6, 6.07) is 17.5. The van der Waals surface area contributed by atoms with Crippen LogP contribution >= 0.6 is 0 Å². The van der Waals surface area contributed by atoms with Crippen molar-refractivity contribution in [2.75, 3.05) is 18.0 Å². The van der Waals surface area contributed by atoms with Crippen LogP contribution in [0.25, 0.3) is 0 Å². The van der Waals surface area contributed by atoms with E-state index in [9.17, 15) is 4.79 Å². The third kappa shape index (κ3) is 4.11. The molecule has 0 heterocycles. The maximum atomic E-state index is 12.2. The normalized spacial score (nSPS) is 11.8. The second-order valence-corrected chi connectivity index (χ2v) is 5.49. The highest BCUT2D eigenvalue weighted by Crippen LogP contribution is 2.28. The topological polar surface area (TPSA) is 52.6 Å². The fourth-order valence-electron chi connectivity index (χ4n) is 2.85. The van der Waals surface area contributed by atoms with Crippen LogP contribution < -0.4 is 10.4 Å². The van der Waals surface area contributed by atoms with Crippen LogP contribution in [0.2, 0.25) is 0 Å². The Hall–Kier alpha value is -2.33. The molecule has 0 saturated carbocycles. The molecule has 1 amide bonds. The van der Waals surface area contributed by atoms with Crippen LogP contribution in [0.5, 0.6) is 0 Å². The molecule has 0 aliphatic heterocycles. The first-order chi connectivity index (χ1) is 11.2. The molecule has 0 saturated heterocycles. The predicted molar refractivity (Wildman–Crippen MR) is 92.8 cm³/mol. The van der Waals surface area contributed by atoms with Gasteiger partial charge in [-0.05, 0) is 36.6 Å². The van der Waals surface area contributed by atoms with Gasteiger partial charge < -0.3 is 4.90 Å². The smallest absolute Gasteiger partial charge is 0.255 e. The van der Waals surface area contributed by atoms with E-state index in [1.807, 2.05) is 48.5 Å². The van der Waals surface area contributed by atoms with Crippen LogP contribution in [0.3, 0.4) is 0 Å². The third-order valence-electron chi connectivity index (χ3n) is 3.95. The van der Waals surface area contributed by atoms with E-state index >= 15 is 0 Å². The lowest BCUT2D eigenvalue weighted by Crippen LogP contribution is -2.28. The summed E-state index contributed by atoms with van der Waals surface area (Å²) in [5, 5.41) is 9.13. The van der Waals surface area contributed by atoms with Crippen LogP contribution in [0.15, 0.2) is 54.6 Å². The Morgan fingerprint density at radius 1 is 1.09 bits per heavy atom. The highest BCUT2D eigenvalue weighted by Gasteiger charge is 2.22. The van der Waals surface area contributed by atoms with Crippen molar-refractivity contribution in [2.24, 2.45) is 0 Å². The van der Waals surface area contributed by atoms with Crippen molar-refractivity contribution < 1.29 is 10.0 Å². The Morgan fingerprint density at radius 3 is 2.39 bits per heavy atom. The number of rotatable bonds is 7. The van der Waals surface area contributed by atoms with Gasteiger partial charge in [-0.15, -0.1) is 0 Å². The number of amides is 1. The molecule has 2 aromatic carbocycles. The molecule has 0 fully saturated rings. The fourth-order valence-corrected chi connectivity index (χ4v) is 2.85. The molecule has 0 aliphatic rings. The largest absolute Gasteiger partial charge is 0.372 e. The summed E-state index contributed by atoms with van der Waals surface area (Å²) in [5.41, 5.74) is 4.62. The van der Waals surface area contributed by atoms with E-state index in [0.717, 1.165) is 36.3 Å². The van der Waals surface area contributed by atoms with E-state index < -0.39 is 11.8 Å². The van der Waals surface area contributed by atoms with Crippen molar-refractivity contribution in [1.82, 2.24) is 5.48 Å². The molecule has 0 bridgehead atoms. The van der Waals surface area contributed by atoms with Crippen LogP contribution in [-0.4, -0.2) is 24.2 Å². The Labute approximate surface area is 137 Å². The summed E-state index contributed by atoms with van der Waals surface area (Å²) in [6.45, 7) is 6.16. The summed E-state index contributed by atoms with van der Waals surface area (Å²) < 4.78 is 0. The summed E-state index contributed by atoms with van der Waals surface area (Å²) >= 11 is 0. The molecule has 2 aromatic rings. The van der Waals surface area contributed by atoms with Crippen molar-refractivity contribution in [2.45, 2.75) is 26.2 Å². The number of anilines is 1. The number of hydrogen-bond donors (Lipinski definition) is 2. The Morgan fingerprint density at radius 2 is 1.78 bits per heavy atom. The number of carbonyl (C=O) groups excluding carboxylic acids is 1. The second-order valence-electron chi connectivity index (χ2n) is 5.49. The van der Waals surface area contributed by atoms with Crippen LogP contribution in [0.1, 0.15) is 37.3 Å². The minimum absolute atomic E-state index is 0.424. The highest BCUT2D eigenvalue weighted by atomic mass is 16.5. The van der Waals surface area contributed by atoms with Crippen molar-refractivity contribution in [3.63, 3.8) is 0 Å². The van der Waals surface area contributed by atoms with Gasteiger partial charge in [0.1, 0.15) is 0 Å². The number of nitrogens with one attached hydrogen (secondary N) is 1. The lowest BCUT2D eigenvalue weighted by molar-refractivity contribution is -0.129. The number of hydroxylamine groups is 1. The molecule has 0 radical (unpaired) electrons. The Balaban J connectivity index is 2.42. The lowest BCUT2D eigenvalue weighted by atomic mass is 9.90. The minimum Gasteiger partial charge on any atom is -0.372 e. The van der Waals surface area contributed by atoms with Crippen molar-refractivity contribution >= 4 is 11.6 Å². The molecular formula is C19H24N2O2. The van der Waals surface area contributed by atoms with Gasteiger partial charge in [0.2, 0.25) is 0 Å². The second kappa shape index (κ2) is 8.34. The summed E-state index contributed by atoms with van der Waals surface area (Å²) in [4.78, 5) is 14.5. The molecule has 0 aromatic heterocycles. The minimum atomic E-state index is -0.526. The first kappa shape index (κ1) is 17.0. The van der Waals surface area contributed by atoms with Gasteiger partial charge in [0.25, 0.3) is 5.91 Å². The van der Waals surface area contributed by atoms with Gasteiger partial charge >= 0.3 is 0 Å². The Kier molecular flexibility index (Phi) is 6.18. The third-order valence-corrected chi connectivity index (χ3v) is 3.95. The number of nitrogens with zero attached hydrogens (tertiary/aromatic N) is 1. The van der Waals surface area contributed by atoms with Crippen LogP contribution in [-0.2, 0) is 4.79 Å². The molecule has 1 atom stereocenters. The monoisotopic (exact) mass is 312 g/mol. The molecular weight excluding hydrogens is 288 g/mol. The summed E-state index contributed by atoms with van der Waals surface area (Å²) in [5.74, 6) is -0.951. The zero-order valence-electron chi connectivity index (χ0n) is 13.7. The first-order valence-corrected chi connectivity index (χ1v) is 8.05. The van der Waals surface area contributed by atoms with E-state index in [-0.39, 0.29) is 0 Å². The number of hydrogen-bond acceptors (Lipinski definition) is 3. The van der Waals surface area contributed by atoms with Gasteiger partial charge in [-0.2, -0.15) is 0 Å². The van der Waals surface area contributed by atoms with Crippen LogP contribution in [0, 0.1) is 0 Å². The van der Waals surface area contributed by atoms with Crippen molar-refractivity contribution in [1.29, 1.82) is 0 Å². The van der Waals surface area contributed by atoms with Gasteiger partial charge in [0.15, 0.2) is 0 Å². The van der Waals surface area contributed by atoms with Gasteiger partial charge in [0.05, 0.1) is 5.92 Å². The average molecular weight is 312 g/mol. The zero-order valence-corrected chi connectivity index (χ0v) is 13.7. The number of carbonyl (C=O) groups is 1. The van der Waals surface area contributed by atoms with Crippen LogP contribution in [0.4, 0.5) is 5.69 Å². The van der Waals surface area contributed by atoms with E-state index in [1.54, 1.807) is 5.48 Å². The average Bonchev–Trinajstić information content (AvgIpc) is 2.61. The van der Waals surface area contributed by atoms with E-state index in [4.69, 9.17) is 5.21 Å². The molecule has 0 spiro atoms. The lowest BCUT2D eigenvalue weighted by Gasteiger charge is -2.24. The van der Waals surface area contributed by atoms with Gasteiger partial charge in [-0.3, -0.25) is 10.0 Å². The molecule has 0 aliphatic carbocycles. The SMILES string of the molecule is CCCN(CC)c1cccc(C(C(=O)NO)c2ccccc2)c1. The molecule has 4 nitrogen and oxygen atoms in total. The van der Waals surface area contributed by atoms with E-state index in [1.165, 1.54) is 0 Å². The van der Waals surface area contributed by atoms with Gasteiger partial charge in [0, 0.05) is 18.8 Å². The van der Waals surface area contributed by atoms with Crippen molar-refractivity contribution in [3.05, 3.63) is 65.7 Å². The summed E-state index contributed by atoms with van der Waals surface area (Å²) in [7, 11) is 0. The maximum absolute atomic E-state index is 12.2. The zero-order chi connectivity index (χ0) is 16.7. The highest BCUT2D eigenvalue weighted by molar-refractivity contribution is 5.86. The molecule has 1 unspecified atom stereocenters. The Bertz CT molecular complexity index is 628. The number of benzene rings is 2.